The predicted molar refractivity (Wildman–Crippen MR) is 114 cm³/mol. The van der Waals surface area contributed by atoms with E-state index in [-0.39, 0.29) is 11.5 Å². The number of hydrogen-bond donors (Lipinski definition) is 1. The molecule has 150 valence electrons. The van der Waals surface area contributed by atoms with Crippen LogP contribution < -0.4 is 10.1 Å². The number of nitriles is 1. The van der Waals surface area contributed by atoms with Crippen molar-refractivity contribution in [2.24, 2.45) is 0 Å². The first-order valence-corrected chi connectivity index (χ1v) is 9.42. The van der Waals surface area contributed by atoms with Crippen molar-refractivity contribution in [2.75, 3.05) is 26.0 Å². The lowest BCUT2D eigenvalue weighted by Crippen LogP contribution is -2.21. The van der Waals surface area contributed by atoms with Gasteiger partial charge in [0, 0.05) is 25.3 Å². The van der Waals surface area contributed by atoms with Crippen LogP contribution in [0.15, 0.2) is 54.1 Å². The van der Waals surface area contributed by atoms with E-state index in [2.05, 4.69) is 12.2 Å². The van der Waals surface area contributed by atoms with Crippen LogP contribution in [0, 0.1) is 11.3 Å². The number of hydrogen-bond acceptors (Lipinski definition) is 4. The summed E-state index contributed by atoms with van der Waals surface area (Å²) in [5.41, 5.74) is 1.74. The number of carbonyl (C=O) groups excluding carboxylic acids is 2. The fourth-order valence-corrected chi connectivity index (χ4v) is 2.46. The molecule has 0 fully saturated rings. The van der Waals surface area contributed by atoms with Crippen molar-refractivity contribution in [1.29, 1.82) is 5.26 Å². The number of amides is 2. The van der Waals surface area contributed by atoms with Gasteiger partial charge in [0.25, 0.3) is 11.8 Å². The summed E-state index contributed by atoms with van der Waals surface area (Å²) in [5.74, 6) is 0.121. The molecule has 0 saturated carbocycles. The summed E-state index contributed by atoms with van der Waals surface area (Å²) in [6.45, 7) is 2.76. The second kappa shape index (κ2) is 10.7. The Morgan fingerprint density at radius 2 is 1.76 bits per heavy atom. The van der Waals surface area contributed by atoms with Gasteiger partial charge >= 0.3 is 0 Å². The van der Waals surface area contributed by atoms with E-state index < -0.39 is 5.91 Å². The second-order valence-electron chi connectivity index (χ2n) is 6.67. The number of nitrogens with one attached hydrogen (secondary N) is 1. The Morgan fingerprint density at radius 3 is 2.31 bits per heavy atom. The molecule has 0 aliphatic heterocycles. The van der Waals surface area contributed by atoms with E-state index in [1.807, 2.05) is 18.2 Å². The zero-order valence-electron chi connectivity index (χ0n) is 16.9. The standard InChI is InChI=1S/C23H25N3O3/c1-4-5-14-29-21-12-6-17(7-13-21)15-19(16-24)22(27)25-20-10-8-18(9-11-20)23(28)26(2)3/h6-13,15H,4-5,14H2,1-3H3,(H,25,27)/b19-15+. The van der Waals surface area contributed by atoms with Crippen molar-refractivity contribution >= 4 is 23.6 Å². The van der Waals surface area contributed by atoms with Crippen LogP contribution in [0.3, 0.4) is 0 Å². The van der Waals surface area contributed by atoms with Crippen LogP contribution in [0.2, 0.25) is 0 Å². The molecule has 0 spiro atoms. The van der Waals surface area contributed by atoms with Crippen LogP contribution in [0.4, 0.5) is 5.69 Å². The molecule has 6 heteroatoms. The number of nitrogens with zero attached hydrogens (tertiary/aromatic N) is 2. The van der Waals surface area contributed by atoms with E-state index in [1.54, 1.807) is 50.5 Å². The molecule has 0 bridgehead atoms. The molecule has 29 heavy (non-hydrogen) atoms. The van der Waals surface area contributed by atoms with E-state index >= 15 is 0 Å². The molecule has 6 nitrogen and oxygen atoms in total. The molecule has 2 aromatic rings. The van der Waals surface area contributed by atoms with E-state index in [1.165, 1.54) is 11.0 Å². The first kappa shape index (κ1) is 21.7. The Hall–Kier alpha value is -3.59. The lowest BCUT2D eigenvalue weighted by molar-refractivity contribution is -0.112. The highest BCUT2D eigenvalue weighted by atomic mass is 16.5. The molecule has 2 amide bonds. The zero-order chi connectivity index (χ0) is 21.2. The molecule has 1 N–H and O–H groups in total. The van der Waals surface area contributed by atoms with Crippen molar-refractivity contribution in [3.8, 4) is 11.8 Å². The summed E-state index contributed by atoms with van der Waals surface area (Å²) in [6.07, 6.45) is 3.58. The van der Waals surface area contributed by atoms with E-state index in [0.29, 0.717) is 17.9 Å². The largest absolute Gasteiger partial charge is 0.494 e. The summed E-state index contributed by atoms with van der Waals surface area (Å²) in [7, 11) is 3.34. The minimum absolute atomic E-state index is 0.0157. The van der Waals surface area contributed by atoms with Crippen LogP contribution in [-0.4, -0.2) is 37.4 Å². The third-order valence-electron chi connectivity index (χ3n) is 4.12. The molecule has 0 radical (unpaired) electrons. The van der Waals surface area contributed by atoms with E-state index in [4.69, 9.17) is 4.74 Å². The monoisotopic (exact) mass is 391 g/mol. The van der Waals surface area contributed by atoms with Gasteiger partial charge in [-0.1, -0.05) is 25.5 Å². The maximum Gasteiger partial charge on any atom is 0.266 e. The summed E-state index contributed by atoms with van der Waals surface area (Å²) >= 11 is 0. The lowest BCUT2D eigenvalue weighted by atomic mass is 10.1. The average Bonchev–Trinajstić information content (AvgIpc) is 2.73. The van der Waals surface area contributed by atoms with Crippen molar-refractivity contribution < 1.29 is 14.3 Å². The van der Waals surface area contributed by atoms with Gasteiger partial charge in [-0.3, -0.25) is 9.59 Å². The third-order valence-corrected chi connectivity index (χ3v) is 4.12. The summed E-state index contributed by atoms with van der Waals surface area (Å²) in [5, 5.41) is 12.0. The van der Waals surface area contributed by atoms with Gasteiger partial charge in [-0.25, -0.2) is 0 Å². The Labute approximate surface area is 171 Å². The van der Waals surface area contributed by atoms with Crippen molar-refractivity contribution in [1.82, 2.24) is 4.90 Å². The fraction of sp³-hybridized carbons (Fsp3) is 0.261. The molecular formula is C23H25N3O3. The fourth-order valence-electron chi connectivity index (χ4n) is 2.46. The molecular weight excluding hydrogens is 366 g/mol. The van der Waals surface area contributed by atoms with E-state index in [0.717, 1.165) is 24.2 Å². The minimum Gasteiger partial charge on any atom is -0.494 e. The first-order chi connectivity index (χ1) is 13.9. The number of rotatable bonds is 8. The smallest absolute Gasteiger partial charge is 0.266 e. The highest BCUT2D eigenvalue weighted by Gasteiger charge is 2.11. The topological polar surface area (TPSA) is 82.4 Å². The first-order valence-electron chi connectivity index (χ1n) is 9.42. The number of ether oxygens (including phenoxy) is 1. The van der Waals surface area contributed by atoms with Gasteiger partial charge in [0.05, 0.1) is 6.61 Å². The highest BCUT2D eigenvalue weighted by Crippen LogP contribution is 2.16. The Morgan fingerprint density at radius 1 is 1.10 bits per heavy atom. The molecule has 0 aliphatic rings. The lowest BCUT2D eigenvalue weighted by Gasteiger charge is -2.11. The third kappa shape index (κ3) is 6.51. The Kier molecular flexibility index (Phi) is 7.99. The second-order valence-corrected chi connectivity index (χ2v) is 6.67. The number of unbranched alkanes of at least 4 members (excludes halogenated alkanes) is 1. The maximum absolute atomic E-state index is 12.4. The molecule has 0 heterocycles. The van der Waals surface area contributed by atoms with Crippen LogP contribution >= 0.6 is 0 Å². The number of anilines is 1. The van der Waals surface area contributed by atoms with Gasteiger partial charge in [0.15, 0.2) is 0 Å². The Bertz CT molecular complexity index is 908. The van der Waals surface area contributed by atoms with Gasteiger partial charge in [-0.05, 0) is 54.5 Å². The predicted octanol–water partition coefficient (Wildman–Crippen LogP) is 4.11. The van der Waals surface area contributed by atoms with Gasteiger partial charge < -0.3 is 15.0 Å². The van der Waals surface area contributed by atoms with Crippen LogP contribution in [0.25, 0.3) is 6.08 Å². The molecule has 2 rings (SSSR count). The van der Waals surface area contributed by atoms with Gasteiger partial charge in [-0.15, -0.1) is 0 Å². The van der Waals surface area contributed by atoms with Crippen LogP contribution in [0.1, 0.15) is 35.7 Å². The average molecular weight is 391 g/mol. The van der Waals surface area contributed by atoms with Gasteiger partial charge in [0.1, 0.15) is 17.4 Å². The summed E-state index contributed by atoms with van der Waals surface area (Å²) in [6, 6.07) is 15.7. The number of carbonyl (C=O) groups is 2. The molecule has 0 aliphatic carbocycles. The molecule has 0 saturated heterocycles. The maximum atomic E-state index is 12.4. The molecule has 0 aromatic heterocycles. The van der Waals surface area contributed by atoms with Crippen molar-refractivity contribution in [3.63, 3.8) is 0 Å². The minimum atomic E-state index is -0.512. The normalized spacial score (nSPS) is 10.8. The molecule has 0 atom stereocenters. The van der Waals surface area contributed by atoms with Crippen molar-refractivity contribution in [2.45, 2.75) is 19.8 Å². The van der Waals surface area contributed by atoms with Crippen LogP contribution in [-0.2, 0) is 4.79 Å². The van der Waals surface area contributed by atoms with E-state index in [9.17, 15) is 14.9 Å². The quantitative estimate of drug-likeness (QED) is 0.417. The van der Waals surface area contributed by atoms with Crippen LogP contribution in [0.5, 0.6) is 5.75 Å². The zero-order valence-corrected chi connectivity index (χ0v) is 16.9. The SMILES string of the molecule is CCCCOc1ccc(/C=C(\C#N)C(=O)Nc2ccc(C(=O)N(C)C)cc2)cc1. The Balaban J connectivity index is 2.04. The number of benzene rings is 2. The van der Waals surface area contributed by atoms with Crippen molar-refractivity contribution in [3.05, 3.63) is 65.2 Å². The summed E-state index contributed by atoms with van der Waals surface area (Å²) in [4.78, 5) is 25.8. The highest BCUT2D eigenvalue weighted by molar-refractivity contribution is 6.09. The molecule has 2 aromatic carbocycles. The summed E-state index contributed by atoms with van der Waals surface area (Å²) < 4.78 is 5.61. The molecule has 0 unspecified atom stereocenters. The van der Waals surface area contributed by atoms with Gasteiger partial charge in [0.2, 0.25) is 0 Å². The van der Waals surface area contributed by atoms with Gasteiger partial charge in [-0.2, -0.15) is 5.26 Å².